The van der Waals surface area contributed by atoms with Gasteiger partial charge in [-0.1, -0.05) is 48.9 Å². The highest BCUT2D eigenvalue weighted by Gasteiger charge is 2.20. The number of hydrogen-bond donors (Lipinski definition) is 1. The van der Waals surface area contributed by atoms with E-state index in [9.17, 15) is 9.59 Å². The van der Waals surface area contributed by atoms with Gasteiger partial charge >= 0.3 is 5.63 Å². The van der Waals surface area contributed by atoms with E-state index in [-0.39, 0.29) is 18.6 Å². The lowest BCUT2D eigenvalue weighted by Gasteiger charge is -2.31. The predicted molar refractivity (Wildman–Crippen MR) is 122 cm³/mol. The Balaban J connectivity index is 1.48. The molecule has 1 N–H and O–H groups in total. The van der Waals surface area contributed by atoms with Crippen LogP contribution >= 0.6 is 11.6 Å². The summed E-state index contributed by atoms with van der Waals surface area (Å²) in [5, 5.41) is 4.08. The topological polar surface area (TPSA) is 71.8 Å². The Morgan fingerprint density at radius 1 is 1.19 bits per heavy atom. The summed E-state index contributed by atoms with van der Waals surface area (Å²) in [7, 11) is 0. The molecule has 0 bridgehead atoms. The molecule has 1 saturated heterocycles. The monoisotopic (exact) mass is 440 g/mol. The Kier molecular flexibility index (Phi) is 6.59. The number of rotatable bonds is 6. The van der Waals surface area contributed by atoms with Gasteiger partial charge in [0, 0.05) is 36.7 Å². The fraction of sp³-hybridized carbons (Fsp3) is 0.333. The molecule has 1 amide bonds. The Labute approximate surface area is 185 Å². The smallest absolute Gasteiger partial charge is 0.336 e. The number of nitrogens with one attached hydrogen (secondary N) is 1. The molecule has 4 rings (SSSR count). The van der Waals surface area contributed by atoms with E-state index in [1.807, 2.05) is 30.3 Å². The van der Waals surface area contributed by atoms with Gasteiger partial charge < -0.3 is 19.4 Å². The molecule has 0 radical (unpaired) electrons. The summed E-state index contributed by atoms with van der Waals surface area (Å²) in [4.78, 5) is 26.8. The molecular formula is C24H25ClN2O4. The lowest BCUT2D eigenvalue weighted by atomic mass is 10.0. The van der Waals surface area contributed by atoms with Crippen molar-refractivity contribution in [3.8, 4) is 16.9 Å². The average molecular weight is 441 g/mol. The van der Waals surface area contributed by atoms with Crippen molar-refractivity contribution in [2.24, 2.45) is 0 Å². The molecule has 0 aliphatic carbocycles. The van der Waals surface area contributed by atoms with Gasteiger partial charge in [0.15, 0.2) is 6.61 Å². The predicted octanol–water partition coefficient (Wildman–Crippen LogP) is 4.09. The van der Waals surface area contributed by atoms with Crippen molar-refractivity contribution in [3.05, 3.63) is 64.0 Å². The SMILES string of the molecule is CCN1CCC(NC(=O)COc2cc3oc(=O)cc(-c4ccccc4)c3cc2Cl)CC1. The number of amides is 1. The molecule has 2 aromatic carbocycles. The first kappa shape index (κ1) is 21.4. The molecule has 162 valence electrons. The van der Waals surface area contributed by atoms with E-state index in [0.29, 0.717) is 21.7 Å². The molecule has 1 aliphatic heterocycles. The second kappa shape index (κ2) is 9.54. The number of likely N-dealkylation sites (tertiary alicyclic amines) is 1. The lowest BCUT2D eigenvalue weighted by Crippen LogP contribution is -2.45. The van der Waals surface area contributed by atoms with Crippen LogP contribution in [0.2, 0.25) is 5.02 Å². The molecule has 31 heavy (non-hydrogen) atoms. The maximum absolute atomic E-state index is 12.3. The van der Waals surface area contributed by atoms with Gasteiger partial charge in [-0.25, -0.2) is 4.79 Å². The van der Waals surface area contributed by atoms with Crippen LogP contribution in [0.25, 0.3) is 22.1 Å². The standard InChI is InChI=1S/C24H25ClN2O4/c1-2-27-10-8-17(9-11-27)26-23(28)15-30-22-14-21-19(12-20(22)25)18(13-24(29)31-21)16-6-4-3-5-7-16/h3-7,12-14,17H,2,8-11,15H2,1H3,(H,26,28). The van der Waals surface area contributed by atoms with E-state index < -0.39 is 5.63 Å². The number of nitrogens with zero attached hydrogens (tertiary/aromatic N) is 1. The quantitative estimate of drug-likeness (QED) is 0.584. The summed E-state index contributed by atoms with van der Waals surface area (Å²) in [5.41, 5.74) is 1.52. The number of carbonyl (C=O) groups is 1. The van der Waals surface area contributed by atoms with Crippen molar-refractivity contribution in [1.29, 1.82) is 0 Å². The Morgan fingerprint density at radius 3 is 2.65 bits per heavy atom. The molecule has 2 heterocycles. The van der Waals surface area contributed by atoms with Gasteiger partial charge in [0.1, 0.15) is 11.3 Å². The third-order valence-electron chi connectivity index (χ3n) is 5.64. The molecule has 0 spiro atoms. The Bertz CT molecular complexity index is 1120. The van der Waals surface area contributed by atoms with Crippen LogP contribution in [-0.4, -0.2) is 43.1 Å². The van der Waals surface area contributed by atoms with Crippen LogP contribution in [0.5, 0.6) is 5.75 Å². The highest BCUT2D eigenvalue weighted by molar-refractivity contribution is 6.33. The van der Waals surface area contributed by atoms with Crippen LogP contribution in [0.15, 0.2) is 57.7 Å². The number of fused-ring (bicyclic) bond motifs is 1. The highest BCUT2D eigenvalue weighted by atomic mass is 35.5. The van der Waals surface area contributed by atoms with E-state index in [4.69, 9.17) is 20.8 Å². The van der Waals surface area contributed by atoms with Crippen molar-refractivity contribution in [2.75, 3.05) is 26.2 Å². The molecule has 1 aliphatic rings. The summed E-state index contributed by atoms with van der Waals surface area (Å²) < 4.78 is 11.0. The zero-order valence-electron chi connectivity index (χ0n) is 17.4. The molecule has 0 saturated carbocycles. The number of ether oxygens (including phenoxy) is 1. The van der Waals surface area contributed by atoms with E-state index in [0.717, 1.165) is 43.6 Å². The van der Waals surface area contributed by atoms with E-state index in [1.54, 1.807) is 12.1 Å². The van der Waals surface area contributed by atoms with Crippen molar-refractivity contribution in [3.63, 3.8) is 0 Å². The average Bonchev–Trinajstić information content (AvgIpc) is 2.78. The van der Waals surface area contributed by atoms with E-state index in [1.165, 1.54) is 6.07 Å². The maximum Gasteiger partial charge on any atom is 0.336 e. The van der Waals surface area contributed by atoms with Crippen LogP contribution < -0.4 is 15.7 Å². The first-order valence-corrected chi connectivity index (χ1v) is 10.9. The van der Waals surface area contributed by atoms with Crippen LogP contribution in [-0.2, 0) is 4.79 Å². The highest BCUT2D eigenvalue weighted by Crippen LogP contribution is 2.34. The van der Waals surface area contributed by atoms with Crippen molar-refractivity contribution >= 4 is 28.5 Å². The molecule has 0 unspecified atom stereocenters. The second-order valence-corrected chi connectivity index (χ2v) is 8.10. The summed E-state index contributed by atoms with van der Waals surface area (Å²) in [6.45, 7) is 5.00. The second-order valence-electron chi connectivity index (χ2n) is 7.69. The minimum absolute atomic E-state index is 0.151. The van der Waals surface area contributed by atoms with Gasteiger partial charge in [-0.2, -0.15) is 0 Å². The first-order valence-electron chi connectivity index (χ1n) is 10.5. The zero-order valence-corrected chi connectivity index (χ0v) is 18.2. The zero-order chi connectivity index (χ0) is 21.8. The van der Waals surface area contributed by atoms with Crippen LogP contribution in [0, 0.1) is 0 Å². The maximum atomic E-state index is 12.3. The minimum atomic E-state index is -0.462. The number of benzene rings is 2. The fourth-order valence-corrected chi connectivity index (χ4v) is 4.15. The van der Waals surface area contributed by atoms with E-state index in [2.05, 4.69) is 17.1 Å². The third kappa shape index (κ3) is 5.09. The van der Waals surface area contributed by atoms with Crippen molar-refractivity contribution in [2.45, 2.75) is 25.8 Å². The summed E-state index contributed by atoms with van der Waals surface area (Å²) in [5.74, 6) is 0.115. The molecule has 1 aromatic heterocycles. The number of piperidine rings is 1. The van der Waals surface area contributed by atoms with Gasteiger partial charge in [-0.3, -0.25) is 4.79 Å². The van der Waals surface area contributed by atoms with Crippen molar-refractivity contribution in [1.82, 2.24) is 10.2 Å². The molecule has 6 nitrogen and oxygen atoms in total. The number of carbonyl (C=O) groups excluding carboxylic acids is 1. The summed E-state index contributed by atoms with van der Waals surface area (Å²) in [6.07, 6.45) is 1.87. The van der Waals surface area contributed by atoms with E-state index >= 15 is 0 Å². The molecule has 1 fully saturated rings. The normalized spacial score (nSPS) is 15.2. The molecule has 7 heteroatoms. The van der Waals surface area contributed by atoms with Gasteiger partial charge in [-0.15, -0.1) is 0 Å². The van der Waals surface area contributed by atoms with Crippen molar-refractivity contribution < 1.29 is 13.9 Å². The van der Waals surface area contributed by atoms with Gasteiger partial charge in [0.25, 0.3) is 5.91 Å². The Morgan fingerprint density at radius 2 is 1.94 bits per heavy atom. The van der Waals surface area contributed by atoms with Crippen LogP contribution in [0.3, 0.4) is 0 Å². The van der Waals surface area contributed by atoms with Gasteiger partial charge in [0.05, 0.1) is 5.02 Å². The molecular weight excluding hydrogens is 416 g/mol. The third-order valence-corrected chi connectivity index (χ3v) is 5.94. The number of hydrogen-bond acceptors (Lipinski definition) is 5. The summed E-state index contributed by atoms with van der Waals surface area (Å²) in [6, 6.07) is 14.4. The van der Waals surface area contributed by atoms with Crippen LogP contribution in [0.4, 0.5) is 0 Å². The lowest BCUT2D eigenvalue weighted by molar-refractivity contribution is -0.124. The van der Waals surface area contributed by atoms with Crippen LogP contribution in [0.1, 0.15) is 19.8 Å². The number of halogens is 1. The fourth-order valence-electron chi connectivity index (χ4n) is 3.94. The first-order chi connectivity index (χ1) is 15.0. The van der Waals surface area contributed by atoms with Gasteiger partial charge in [0.2, 0.25) is 0 Å². The summed E-state index contributed by atoms with van der Waals surface area (Å²) >= 11 is 6.43. The Hall–Kier alpha value is -2.83. The van der Waals surface area contributed by atoms with Gasteiger partial charge in [-0.05, 0) is 36.6 Å². The largest absolute Gasteiger partial charge is 0.482 e. The minimum Gasteiger partial charge on any atom is -0.482 e. The molecule has 3 aromatic rings. The molecule has 0 atom stereocenters.